The number of carbonyl (C=O) groups excluding carboxylic acids is 2. The zero-order valence-electron chi connectivity index (χ0n) is 13.4. The molecular weight excluding hydrogens is 378 g/mol. The summed E-state index contributed by atoms with van der Waals surface area (Å²) in [5, 5.41) is 11.9. The molecule has 0 saturated heterocycles. The number of primary amides is 1. The Kier molecular flexibility index (Phi) is 5.14. The highest BCUT2D eigenvalue weighted by Gasteiger charge is 2.25. The number of benzene rings is 1. The number of anilines is 1. The van der Waals surface area contributed by atoms with Crippen LogP contribution in [0.25, 0.3) is 5.69 Å². The van der Waals surface area contributed by atoms with E-state index >= 15 is 0 Å². The lowest BCUT2D eigenvalue weighted by Gasteiger charge is -2.08. The summed E-state index contributed by atoms with van der Waals surface area (Å²) in [7, 11) is 0. The molecule has 0 bridgehead atoms. The molecular formula is C14H13N7O3S2. The average molecular weight is 391 g/mol. The van der Waals surface area contributed by atoms with E-state index in [9.17, 15) is 9.59 Å². The van der Waals surface area contributed by atoms with Crippen LogP contribution in [0.5, 0.6) is 0 Å². The summed E-state index contributed by atoms with van der Waals surface area (Å²) in [6, 6.07) is 6.94. The molecule has 0 aliphatic carbocycles. The quantitative estimate of drug-likeness (QED) is 0.465. The van der Waals surface area contributed by atoms with Gasteiger partial charge < -0.3 is 16.2 Å². The van der Waals surface area contributed by atoms with Gasteiger partial charge in [0, 0.05) is 0 Å². The lowest BCUT2D eigenvalue weighted by atomic mass is 10.3. The molecule has 134 valence electrons. The third-order valence-electron chi connectivity index (χ3n) is 3.14. The number of carbonyl (C=O) groups is 2. The minimum absolute atomic E-state index is 0.0473. The molecule has 0 saturated carbocycles. The topological polar surface area (TPSA) is 152 Å². The van der Waals surface area contributed by atoms with Gasteiger partial charge in [-0.25, -0.2) is 9.48 Å². The number of ether oxygens (including phenoxy) is 1. The normalized spacial score (nSPS) is 10.7. The van der Waals surface area contributed by atoms with Crippen LogP contribution >= 0.6 is 23.3 Å². The van der Waals surface area contributed by atoms with Crippen LogP contribution in [-0.2, 0) is 4.74 Å². The molecule has 3 rings (SSSR count). The zero-order valence-corrected chi connectivity index (χ0v) is 15.1. The molecule has 1 aromatic carbocycles. The highest BCUT2D eigenvalue weighted by molar-refractivity contribution is 8.01. The van der Waals surface area contributed by atoms with Crippen molar-refractivity contribution >= 4 is 40.9 Å². The number of aromatic nitrogens is 5. The van der Waals surface area contributed by atoms with Crippen LogP contribution in [0.15, 0.2) is 33.5 Å². The number of nitrogen functional groups attached to an aromatic ring is 1. The Hall–Kier alpha value is -2.99. The van der Waals surface area contributed by atoms with Gasteiger partial charge >= 0.3 is 5.97 Å². The van der Waals surface area contributed by atoms with E-state index in [0.717, 1.165) is 23.3 Å². The Bertz CT molecular complexity index is 969. The van der Waals surface area contributed by atoms with Crippen molar-refractivity contribution in [2.75, 3.05) is 12.3 Å². The van der Waals surface area contributed by atoms with Gasteiger partial charge in [0.2, 0.25) is 0 Å². The third kappa shape index (κ3) is 3.36. The summed E-state index contributed by atoms with van der Waals surface area (Å²) in [5.74, 6) is -1.37. The molecule has 26 heavy (non-hydrogen) atoms. The van der Waals surface area contributed by atoms with Gasteiger partial charge in [-0.05, 0) is 30.6 Å². The van der Waals surface area contributed by atoms with E-state index in [1.807, 2.05) is 0 Å². The molecule has 0 aliphatic heterocycles. The van der Waals surface area contributed by atoms with Crippen molar-refractivity contribution in [1.29, 1.82) is 0 Å². The van der Waals surface area contributed by atoms with Crippen molar-refractivity contribution in [2.45, 2.75) is 16.2 Å². The van der Waals surface area contributed by atoms with Crippen LogP contribution in [0.4, 0.5) is 5.69 Å². The highest BCUT2D eigenvalue weighted by atomic mass is 32.2. The van der Waals surface area contributed by atoms with Gasteiger partial charge in [-0.15, -0.1) is 10.2 Å². The fourth-order valence-corrected chi connectivity index (χ4v) is 3.77. The van der Waals surface area contributed by atoms with Gasteiger partial charge in [0.1, 0.15) is 9.24 Å². The third-order valence-corrected chi connectivity index (χ3v) is 5.08. The number of amides is 1. The van der Waals surface area contributed by atoms with Crippen molar-refractivity contribution in [3.63, 3.8) is 0 Å². The van der Waals surface area contributed by atoms with Crippen LogP contribution in [0.2, 0.25) is 0 Å². The predicted molar refractivity (Wildman–Crippen MR) is 94.3 cm³/mol. The molecule has 0 unspecified atom stereocenters. The minimum atomic E-state index is -0.761. The molecule has 0 radical (unpaired) electrons. The van der Waals surface area contributed by atoms with E-state index in [2.05, 4.69) is 19.9 Å². The Morgan fingerprint density at radius 1 is 1.27 bits per heavy atom. The van der Waals surface area contributed by atoms with Crippen LogP contribution in [0, 0.1) is 0 Å². The maximum atomic E-state index is 12.0. The van der Waals surface area contributed by atoms with Crippen molar-refractivity contribution in [1.82, 2.24) is 24.6 Å². The van der Waals surface area contributed by atoms with Gasteiger partial charge in [-0.3, -0.25) is 4.79 Å². The number of nitrogens with zero attached hydrogens (tertiary/aromatic N) is 5. The second-order valence-corrected chi connectivity index (χ2v) is 6.82. The molecule has 0 fully saturated rings. The molecule has 2 aromatic heterocycles. The van der Waals surface area contributed by atoms with Crippen molar-refractivity contribution in [3.8, 4) is 5.69 Å². The first kappa shape index (κ1) is 17.8. The SMILES string of the molecule is CCOC(=O)c1nnsc1Sc1c(C(N)=O)nnn1-c1ccccc1N. The Labute approximate surface area is 155 Å². The Morgan fingerprint density at radius 3 is 2.73 bits per heavy atom. The largest absolute Gasteiger partial charge is 0.461 e. The second kappa shape index (κ2) is 7.49. The fraction of sp³-hybridized carbons (Fsp3) is 0.143. The molecule has 10 nitrogen and oxygen atoms in total. The summed E-state index contributed by atoms with van der Waals surface area (Å²) in [5.41, 5.74) is 12.3. The standard InChI is InChI=1S/C14H13N7O3S2/c1-2-24-13(23)10-14(26-20-18-10)25-12-9(11(16)22)17-19-21(12)8-6-4-3-5-7(8)15/h3-6H,2,15H2,1H3,(H2,16,22). The van der Waals surface area contributed by atoms with E-state index in [0.29, 0.717) is 20.6 Å². The van der Waals surface area contributed by atoms with E-state index in [1.54, 1.807) is 31.2 Å². The predicted octanol–water partition coefficient (Wildman–Crippen LogP) is 1.13. The summed E-state index contributed by atoms with van der Waals surface area (Å²) in [6.45, 7) is 1.89. The van der Waals surface area contributed by atoms with Gasteiger partial charge in [-0.2, -0.15) is 0 Å². The van der Waals surface area contributed by atoms with Crippen LogP contribution < -0.4 is 11.5 Å². The zero-order chi connectivity index (χ0) is 18.7. The van der Waals surface area contributed by atoms with Crippen molar-refractivity contribution in [3.05, 3.63) is 35.7 Å². The first-order chi connectivity index (χ1) is 12.5. The monoisotopic (exact) mass is 391 g/mol. The molecule has 12 heteroatoms. The summed E-state index contributed by atoms with van der Waals surface area (Å²) >= 11 is 2.02. The number of hydrogen-bond acceptors (Lipinski definition) is 10. The van der Waals surface area contributed by atoms with Gasteiger partial charge in [-0.1, -0.05) is 33.6 Å². The van der Waals surface area contributed by atoms with E-state index in [1.165, 1.54) is 4.68 Å². The van der Waals surface area contributed by atoms with Crippen molar-refractivity contribution < 1.29 is 14.3 Å². The number of para-hydroxylation sites is 2. The Balaban J connectivity index is 2.07. The Morgan fingerprint density at radius 2 is 2.04 bits per heavy atom. The van der Waals surface area contributed by atoms with Crippen LogP contribution in [0.3, 0.4) is 0 Å². The average Bonchev–Trinajstić information content (AvgIpc) is 3.23. The molecule has 2 heterocycles. The lowest BCUT2D eigenvalue weighted by Crippen LogP contribution is -2.13. The summed E-state index contributed by atoms with van der Waals surface area (Å²) in [6.07, 6.45) is 0. The van der Waals surface area contributed by atoms with E-state index in [-0.39, 0.29) is 18.0 Å². The fourth-order valence-electron chi connectivity index (χ4n) is 2.02. The first-order valence-corrected chi connectivity index (χ1v) is 8.89. The lowest BCUT2D eigenvalue weighted by molar-refractivity contribution is 0.0515. The molecule has 0 aliphatic rings. The van der Waals surface area contributed by atoms with Crippen LogP contribution in [0.1, 0.15) is 27.9 Å². The van der Waals surface area contributed by atoms with Gasteiger partial charge in [0.25, 0.3) is 5.91 Å². The second-order valence-electron chi connectivity index (χ2n) is 4.81. The first-order valence-electron chi connectivity index (χ1n) is 7.30. The molecule has 3 aromatic rings. The van der Waals surface area contributed by atoms with E-state index in [4.69, 9.17) is 16.2 Å². The minimum Gasteiger partial charge on any atom is -0.461 e. The van der Waals surface area contributed by atoms with Crippen molar-refractivity contribution in [2.24, 2.45) is 5.73 Å². The molecule has 1 amide bonds. The smallest absolute Gasteiger partial charge is 0.361 e. The molecule has 0 spiro atoms. The highest BCUT2D eigenvalue weighted by Crippen LogP contribution is 2.36. The van der Waals surface area contributed by atoms with Gasteiger partial charge in [0.05, 0.1) is 18.0 Å². The van der Waals surface area contributed by atoms with E-state index < -0.39 is 11.9 Å². The van der Waals surface area contributed by atoms with Crippen LogP contribution in [-0.4, -0.2) is 43.1 Å². The number of rotatable bonds is 6. The number of hydrogen-bond donors (Lipinski definition) is 2. The molecule has 0 atom stereocenters. The maximum absolute atomic E-state index is 12.0. The summed E-state index contributed by atoms with van der Waals surface area (Å²) in [4.78, 5) is 23.7. The van der Waals surface area contributed by atoms with Gasteiger partial charge in [0.15, 0.2) is 11.4 Å². The number of nitrogens with two attached hydrogens (primary N) is 2. The maximum Gasteiger partial charge on any atom is 0.361 e. The summed E-state index contributed by atoms with van der Waals surface area (Å²) < 4.78 is 10.5. The molecule has 4 N–H and O–H groups in total. The number of esters is 1.